The van der Waals surface area contributed by atoms with Gasteiger partial charge in [-0.15, -0.1) is 0 Å². The van der Waals surface area contributed by atoms with E-state index in [1.54, 1.807) is 0 Å². The van der Waals surface area contributed by atoms with Crippen molar-refractivity contribution in [1.82, 2.24) is 0 Å². The summed E-state index contributed by atoms with van der Waals surface area (Å²) in [4.78, 5) is 33.5. The molecule has 0 rings (SSSR count). The van der Waals surface area contributed by atoms with Crippen LogP contribution in [0.25, 0.3) is 0 Å². The Balaban J connectivity index is 4.24. The fourth-order valence-electron chi connectivity index (χ4n) is 5.95. The first-order chi connectivity index (χ1) is 25.2. The van der Waals surface area contributed by atoms with Gasteiger partial charge < -0.3 is 25.2 Å². The Morgan fingerprint density at radius 2 is 1.00 bits per heavy atom. The molecule has 11 heteroatoms. The molecule has 3 unspecified atom stereocenters. The van der Waals surface area contributed by atoms with E-state index in [0.29, 0.717) is 6.61 Å². The minimum absolute atomic E-state index is 0.0181. The van der Waals surface area contributed by atoms with E-state index < -0.39 is 45.1 Å². The van der Waals surface area contributed by atoms with Gasteiger partial charge in [0.2, 0.25) is 0 Å². The Kier molecular flexibility index (Phi) is 37.1. The van der Waals surface area contributed by atoms with Gasteiger partial charge in [0.15, 0.2) is 0 Å². The van der Waals surface area contributed by atoms with Crippen molar-refractivity contribution in [3.63, 3.8) is 0 Å². The largest absolute Gasteiger partial charge is 0.480 e. The lowest BCUT2D eigenvalue weighted by molar-refractivity contribution is -0.154. The molecule has 0 aliphatic carbocycles. The van der Waals surface area contributed by atoms with Crippen molar-refractivity contribution in [1.29, 1.82) is 0 Å². The Labute approximate surface area is 318 Å². The smallest absolute Gasteiger partial charge is 0.472 e. The van der Waals surface area contributed by atoms with Crippen LogP contribution in [0.1, 0.15) is 200 Å². The lowest BCUT2D eigenvalue weighted by atomic mass is 10.0. The molecule has 0 aromatic carbocycles. The number of ether oxygens (including phenoxy) is 2. The molecule has 0 aliphatic rings. The molecular weight excluding hydrogens is 681 g/mol. The second kappa shape index (κ2) is 38.0. The highest BCUT2D eigenvalue weighted by Crippen LogP contribution is 2.43. The van der Waals surface area contributed by atoms with E-state index in [2.05, 4.69) is 26.0 Å². The highest BCUT2D eigenvalue weighted by atomic mass is 31.2. The van der Waals surface area contributed by atoms with E-state index in [1.165, 1.54) is 135 Å². The molecule has 0 fully saturated rings. The summed E-state index contributed by atoms with van der Waals surface area (Å²) < 4.78 is 33.3. The van der Waals surface area contributed by atoms with Gasteiger partial charge in [-0.05, 0) is 38.5 Å². The number of phosphoric ester groups is 1. The summed E-state index contributed by atoms with van der Waals surface area (Å²) in [6, 6.07) is -1.47. The van der Waals surface area contributed by atoms with Crippen molar-refractivity contribution >= 4 is 19.8 Å². The average Bonchev–Trinajstić information content (AvgIpc) is 3.12. The lowest BCUT2D eigenvalue weighted by Crippen LogP contribution is -2.34. The third-order valence-corrected chi connectivity index (χ3v) is 10.2. The summed E-state index contributed by atoms with van der Waals surface area (Å²) in [5.41, 5.74) is 5.35. The number of carbonyl (C=O) groups is 2. The number of hydrogen-bond acceptors (Lipinski definition) is 8. The normalized spacial score (nSPS) is 14.1. The summed E-state index contributed by atoms with van der Waals surface area (Å²) in [5, 5.41) is 8.88. The number of unbranched alkanes of at least 4 members (excludes halogenated alkanes) is 25. The molecule has 0 amide bonds. The van der Waals surface area contributed by atoms with Crippen LogP contribution in [0.15, 0.2) is 12.2 Å². The van der Waals surface area contributed by atoms with Gasteiger partial charge in [-0.1, -0.05) is 167 Å². The summed E-state index contributed by atoms with van der Waals surface area (Å²) in [7, 11) is -4.61. The maximum atomic E-state index is 12.6. The van der Waals surface area contributed by atoms with Gasteiger partial charge in [-0.25, -0.2) is 4.57 Å². The number of carbonyl (C=O) groups excluding carboxylic acids is 1. The number of hydrogen-bond donors (Lipinski definition) is 3. The van der Waals surface area contributed by atoms with Crippen LogP contribution >= 0.6 is 7.82 Å². The van der Waals surface area contributed by atoms with E-state index in [1.807, 2.05) is 0 Å². The molecule has 0 aromatic rings. The van der Waals surface area contributed by atoms with Crippen LogP contribution in [0, 0.1) is 0 Å². The van der Waals surface area contributed by atoms with Gasteiger partial charge in [0, 0.05) is 13.0 Å². The summed E-state index contributed by atoms with van der Waals surface area (Å²) in [5.74, 6) is -1.77. The minimum atomic E-state index is -4.61. The van der Waals surface area contributed by atoms with Crippen molar-refractivity contribution in [2.75, 3.05) is 26.4 Å². The summed E-state index contributed by atoms with van der Waals surface area (Å²) >= 11 is 0. The van der Waals surface area contributed by atoms with Gasteiger partial charge >= 0.3 is 19.8 Å². The number of allylic oxidation sites excluding steroid dienone is 2. The predicted octanol–water partition coefficient (Wildman–Crippen LogP) is 11.4. The molecule has 0 radical (unpaired) electrons. The Hall–Kier alpha value is -1.29. The predicted molar refractivity (Wildman–Crippen MR) is 212 cm³/mol. The molecule has 0 saturated carbocycles. The quantitative estimate of drug-likeness (QED) is 0.0237. The van der Waals surface area contributed by atoms with Gasteiger partial charge in [0.25, 0.3) is 0 Å². The maximum absolute atomic E-state index is 12.6. The molecule has 0 spiro atoms. The molecular formula is C41H80NO9P. The van der Waals surface area contributed by atoms with E-state index in [4.69, 9.17) is 29.4 Å². The number of carboxylic acids is 1. The number of rotatable bonds is 41. The van der Waals surface area contributed by atoms with Crippen LogP contribution in [0.4, 0.5) is 0 Å². The van der Waals surface area contributed by atoms with Gasteiger partial charge in [-0.3, -0.25) is 18.6 Å². The zero-order valence-electron chi connectivity index (χ0n) is 33.4. The summed E-state index contributed by atoms with van der Waals surface area (Å²) in [6.45, 7) is 3.88. The summed E-state index contributed by atoms with van der Waals surface area (Å²) in [6.07, 6.45) is 38.3. The van der Waals surface area contributed by atoms with Crippen LogP contribution in [-0.4, -0.2) is 60.5 Å². The molecule has 0 aliphatic heterocycles. The molecule has 4 N–H and O–H groups in total. The molecule has 308 valence electrons. The second-order valence-corrected chi connectivity index (χ2v) is 15.9. The van der Waals surface area contributed by atoms with Gasteiger partial charge in [0.05, 0.1) is 19.8 Å². The molecule has 10 nitrogen and oxygen atoms in total. The number of esters is 1. The fraction of sp³-hybridized carbons (Fsp3) is 0.902. The molecule has 0 saturated heterocycles. The van der Waals surface area contributed by atoms with E-state index in [0.717, 1.165) is 44.9 Å². The Morgan fingerprint density at radius 1 is 0.596 bits per heavy atom. The van der Waals surface area contributed by atoms with Crippen molar-refractivity contribution in [3.05, 3.63) is 12.2 Å². The molecule has 0 bridgehead atoms. The highest BCUT2D eigenvalue weighted by Gasteiger charge is 2.27. The van der Waals surface area contributed by atoms with Crippen LogP contribution in [0.3, 0.4) is 0 Å². The number of phosphoric acid groups is 1. The van der Waals surface area contributed by atoms with Crippen LogP contribution < -0.4 is 5.73 Å². The first-order valence-electron chi connectivity index (χ1n) is 21.2. The molecule has 3 atom stereocenters. The molecule has 0 heterocycles. The SMILES string of the molecule is CCCCCCCC/C=C\CCCCCCCCOCC(COP(=O)(O)OCC(N)C(=O)O)OC(=O)CCCCCCCCCCCCCCCC. The van der Waals surface area contributed by atoms with Crippen molar-refractivity contribution in [2.45, 2.75) is 212 Å². The van der Waals surface area contributed by atoms with Crippen molar-refractivity contribution < 1.29 is 42.7 Å². The zero-order valence-corrected chi connectivity index (χ0v) is 34.3. The van der Waals surface area contributed by atoms with E-state index in [9.17, 15) is 19.0 Å². The maximum Gasteiger partial charge on any atom is 0.472 e. The third-order valence-electron chi connectivity index (χ3n) is 9.29. The van der Waals surface area contributed by atoms with E-state index in [-0.39, 0.29) is 13.0 Å². The van der Waals surface area contributed by atoms with Gasteiger partial charge in [0.1, 0.15) is 12.1 Å². The number of carboxylic acid groups (broad SMARTS) is 1. The number of nitrogens with two attached hydrogens (primary N) is 1. The number of aliphatic carboxylic acids is 1. The third kappa shape index (κ3) is 37.0. The Bertz CT molecular complexity index is 888. The fourth-order valence-corrected chi connectivity index (χ4v) is 6.73. The highest BCUT2D eigenvalue weighted by molar-refractivity contribution is 7.47. The van der Waals surface area contributed by atoms with Crippen LogP contribution in [0.2, 0.25) is 0 Å². The lowest BCUT2D eigenvalue weighted by Gasteiger charge is -2.20. The first kappa shape index (κ1) is 50.7. The topological polar surface area (TPSA) is 155 Å². The van der Waals surface area contributed by atoms with Crippen molar-refractivity contribution in [2.24, 2.45) is 5.73 Å². The zero-order chi connectivity index (χ0) is 38.4. The molecule has 52 heavy (non-hydrogen) atoms. The van der Waals surface area contributed by atoms with Crippen LogP contribution in [-0.2, 0) is 32.7 Å². The average molecular weight is 762 g/mol. The van der Waals surface area contributed by atoms with Crippen molar-refractivity contribution in [3.8, 4) is 0 Å². The Morgan fingerprint density at radius 3 is 1.46 bits per heavy atom. The van der Waals surface area contributed by atoms with Gasteiger partial charge in [-0.2, -0.15) is 0 Å². The van der Waals surface area contributed by atoms with Crippen LogP contribution in [0.5, 0.6) is 0 Å². The first-order valence-corrected chi connectivity index (χ1v) is 22.7. The minimum Gasteiger partial charge on any atom is -0.480 e. The van der Waals surface area contributed by atoms with E-state index >= 15 is 0 Å². The second-order valence-electron chi connectivity index (χ2n) is 14.5. The standard InChI is InChI=1S/C41H80NO9P/c1-3-5-7-9-11-13-15-17-19-20-22-24-26-28-30-32-34-48-35-38(36-49-52(46,47)50-37-39(42)41(44)45)51-40(43)33-31-29-27-25-23-21-18-16-14-12-10-8-6-4-2/h17,19,38-39H,3-16,18,20-37,42H2,1-2H3,(H,44,45)(H,46,47)/b19-17-. The molecule has 0 aromatic heterocycles. The monoisotopic (exact) mass is 762 g/mol.